The van der Waals surface area contributed by atoms with Gasteiger partial charge in [-0.15, -0.1) is 6.07 Å². The molecule has 2 rings (SSSR count). The summed E-state index contributed by atoms with van der Waals surface area (Å²) in [6, 6.07) is 17.1. The van der Waals surface area contributed by atoms with Crippen molar-refractivity contribution in [2.45, 2.75) is 6.92 Å². The van der Waals surface area contributed by atoms with Gasteiger partial charge in [-0.05, 0) is 6.92 Å². The second kappa shape index (κ2) is 8.95. The number of ether oxygens (including phenoxy) is 1. The van der Waals surface area contributed by atoms with Crippen LogP contribution < -0.4 is 0 Å². The Balaban J connectivity index is 0.000000318. The first-order chi connectivity index (χ1) is 7.34. The maximum atomic E-state index is 10.9. The quantitative estimate of drug-likeness (QED) is 0.470. The molecule has 0 aromatic heterocycles. The minimum atomic E-state index is -0.243. The predicted octanol–water partition coefficient (Wildman–Crippen LogP) is 2.99. The molecule has 0 atom stereocenters. The van der Waals surface area contributed by atoms with Crippen LogP contribution in [0.15, 0.2) is 54.6 Å². The molecule has 2 aromatic carbocycles. The normalized spacial score (nSPS) is 8.31. The molecular formula is C13H14FeO2. The molecule has 0 amide bonds. The fourth-order valence-corrected chi connectivity index (χ4v) is 1.05. The number of carbonyl (C=O) groups is 1. The smallest absolute Gasteiger partial charge is 0.506 e. The summed E-state index contributed by atoms with van der Waals surface area (Å²) in [7, 11) is 0. The SMILES string of the molecule is CCOC(=O)c1ccc[cH-]1.[Fe+2].c1cc[cH-]c1. The largest absolute Gasteiger partial charge is 2.00 e. The molecule has 0 fully saturated rings. The van der Waals surface area contributed by atoms with Crippen molar-refractivity contribution in [3.8, 4) is 0 Å². The molecule has 16 heavy (non-hydrogen) atoms. The molecule has 0 N–H and O–H groups in total. The van der Waals surface area contributed by atoms with E-state index in [-0.39, 0.29) is 23.0 Å². The Hall–Kier alpha value is -1.31. The molecule has 3 heteroatoms. The Bertz CT molecular complexity index is 332. The van der Waals surface area contributed by atoms with E-state index in [0.29, 0.717) is 12.2 Å². The Morgan fingerprint density at radius 2 is 1.94 bits per heavy atom. The van der Waals surface area contributed by atoms with E-state index in [0.717, 1.165) is 0 Å². The van der Waals surface area contributed by atoms with E-state index >= 15 is 0 Å². The van der Waals surface area contributed by atoms with Gasteiger partial charge in [0.1, 0.15) is 0 Å². The summed E-state index contributed by atoms with van der Waals surface area (Å²) in [6.07, 6.45) is 0. The summed E-state index contributed by atoms with van der Waals surface area (Å²) in [5.41, 5.74) is 0.627. The average molecular weight is 258 g/mol. The fraction of sp³-hybridized carbons (Fsp3) is 0.154. The van der Waals surface area contributed by atoms with E-state index < -0.39 is 0 Å². The standard InChI is InChI=1S/C8H9O2.C5H5.Fe/c1-2-10-8(9)7-5-3-4-6-7;1-2-4-5-3-1;/h3-6H,2H2,1H3;1-5H;/q2*-1;+2. The first kappa shape index (κ1) is 14.7. The Morgan fingerprint density at radius 3 is 2.31 bits per heavy atom. The molecule has 0 spiro atoms. The van der Waals surface area contributed by atoms with Crippen molar-refractivity contribution in [2.24, 2.45) is 0 Å². The van der Waals surface area contributed by atoms with Gasteiger partial charge in [0.2, 0.25) is 5.97 Å². The average Bonchev–Trinajstić information content (AvgIpc) is 2.95. The van der Waals surface area contributed by atoms with Crippen LogP contribution in [0.1, 0.15) is 17.3 Å². The molecule has 0 saturated heterocycles. The Kier molecular flexibility index (Phi) is 8.22. The van der Waals surface area contributed by atoms with Crippen LogP contribution in [0.25, 0.3) is 0 Å². The molecule has 0 heterocycles. The summed E-state index contributed by atoms with van der Waals surface area (Å²) in [4.78, 5) is 10.9. The van der Waals surface area contributed by atoms with Crippen molar-refractivity contribution < 1.29 is 26.6 Å². The number of hydrogen-bond donors (Lipinski definition) is 0. The zero-order valence-electron chi connectivity index (χ0n) is 9.07. The summed E-state index contributed by atoms with van der Waals surface area (Å²) in [5, 5.41) is 0. The number of hydrogen-bond acceptors (Lipinski definition) is 2. The molecule has 0 radical (unpaired) electrons. The molecule has 2 aromatic rings. The monoisotopic (exact) mass is 258 g/mol. The molecule has 0 aliphatic heterocycles. The summed E-state index contributed by atoms with van der Waals surface area (Å²) in [6.45, 7) is 2.23. The molecule has 0 saturated carbocycles. The van der Waals surface area contributed by atoms with Crippen LogP contribution in [0.5, 0.6) is 0 Å². The first-order valence-electron chi connectivity index (χ1n) is 4.90. The minimum absolute atomic E-state index is 0. The number of rotatable bonds is 2. The molecule has 0 bridgehead atoms. The number of carbonyl (C=O) groups excluding carboxylic acids is 1. The van der Waals surface area contributed by atoms with E-state index in [1.54, 1.807) is 19.1 Å². The zero-order valence-corrected chi connectivity index (χ0v) is 10.2. The number of esters is 1. The van der Waals surface area contributed by atoms with E-state index in [1.807, 2.05) is 42.5 Å². The van der Waals surface area contributed by atoms with Gasteiger partial charge < -0.3 is 9.53 Å². The first-order valence-corrected chi connectivity index (χ1v) is 4.90. The van der Waals surface area contributed by atoms with Gasteiger partial charge in [0, 0.05) is 0 Å². The molecule has 0 unspecified atom stereocenters. The van der Waals surface area contributed by atoms with Crippen molar-refractivity contribution in [2.75, 3.05) is 6.61 Å². The maximum Gasteiger partial charge on any atom is 2.00 e. The van der Waals surface area contributed by atoms with E-state index in [9.17, 15) is 4.79 Å². The molecular weight excluding hydrogens is 244 g/mol. The van der Waals surface area contributed by atoms with Crippen molar-refractivity contribution in [3.63, 3.8) is 0 Å². The second-order valence-corrected chi connectivity index (χ2v) is 2.86. The van der Waals surface area contributed by atoms with Gasteiger partial charge in [-0.3, -0.25) is 0 Å². The van der Waals surface area contributed by atoms with Crippen LogP contribution in [0.3, 0.4) is 0 Å². The summed E-state index contributed by atoms with van der Waals surface area (Å²) >= 11 is 0. The van der Waals surface area contributed by atoms with Crippen molar-refractivity contribution in [1.29, 1.82) is 0 Å². The van der Waals surface area contributed by atoms with Gasteiger partial charge >= 0.3 is 17.1 Å². The van der Waals surface area contributed by atoms with Crippen LogP contribution in [0.2, 0.25) is 0 Å². The molecule has 2 nitrogen and oxygen atoms in total. The van der Waals surface area contributed by atoms with Gasteiger partial charge in [0.05, 0.1) is 6.61 Å². The van der Waals surface area contributed by atoms with E-state index in [1.165, 1.54) is 0 Å². The van der Waals surface area contributed by atoms with Crippen LogP contribution in [0, 0.1) is 0 Å². The van der Waals surface area contributed by atoms with E-state index in [2.05, 4.69) is 0 Å². The predicted molar refractivity (Wildman–Crippen MR) is 60.0 cm³/mol. The van der Waals surface area contributed by atoms with Crippen molar-refractivity contribution in [3.05, 3.63) is 60.2 Å². The van der Waals surface area contributed by atoms with Crippen LogP contribution >= 0.6 is 0 Å². The Morgan fingerprint density at radius 1 is 1.25 bits per heavy atom. The van der Waals surface area contributed by atoms with E-state index in [4.69, 9.17) is 4.74 Å². The van der Waals surface area contributed by atoms with Crippen molar-refractivity contribution in [1.82, 2.24) is 0 Å². The van der Waals surface area contributed by atoms with Crippen LogP contribution in [-0.2, 0) is 21.8 Å². The minimum Gasteiger partial charge on any atom is -0.506 e. The Labute approximate surface area is 106 Å². The van der Waals surface area contributed by atoms with Crippen LogP contribution in [-0.4, -0.2) is 12.6 Å². The van der Waals surface area contributed by atoms with Gasteiger partial charge in [-0.2, -0.15) is 36.4 Å². The molecule has 0 aliphatic rings. The second-order valence-electron chi connectivity index (χ2n) is 2.86. The molecule has 86 valence electrons. The third-order valence-electron chi connectivity index (χ3n) is 1.73. The van der Waals surface area contributed by atoms with Crippen LogP contribution in [0.4, 0.5) is 0 Å². The van der Waals surface area contributed by atoms with Gasteiger partial charge in [-0.1, -0.05) is 5.56 Å². The summed E-state index contributed by atoms with van der Waals surface area (Å²) < 4.78 is 4.75. The maximum absolute atomic E-state index is 10.9. The topological polar surface area (TPSA) is 26.3 Å². The van der Waals surface area contributed by atoms with Crippen molar-refractivity contribution >= 4 is 5.97 Å². The zero-order chi connectivity index (χ0) is 10.9. The molecule has 0 aliphatic carbocycles. The third-order valence-corrected chi connectivity index (χ3v) is 1.73. The van der Waals surface area contributed by atoms with Gasteiger partial charge in [-0.25, -0.2) is 12.1 Å². The van der Waals surface area contributed by atoms with Gasteiger partial charge in [0.25, 0.3) is 0 Å². The third kappa shape index (κ3) is 5.54. The summed E-state index contributed by atoms with van der Waals surface area (Å²) in [5.74, 6) is -0.243. The van der Waals surface area contributed by atoms with Gasteiger partial charge in [0.15, 0.2) is 0 Å². The fourth-order valence-electron chi connectivity index (χ4n) is 1.05.